The minimum atomic E-state index is -4.27. The molecule has 0 amide bonds. The highest BCUT2D eigenvalue weighted by molar-refractivity contribution is 5.03. The van der Waals surface area contributed by atoms with Crippen molar-refractivity contribution in [1.82, 2.24) is 5.10 Å². The number of rotatable bonds is 0. The zero-order chi connectivity index (χ0) is 7.78. The molecular weight excluding hydrogens is 145 g/mol. The first-order chi connectivity index (χ1) is 4.50. The first kappa shape index (κ1) is 7.11. The smallest absolute Gasteiger partial charge is 0.172 e. The second-order valence-corrected chi connectivity index (χ2v) is 1.99. The van der Waals surface area contributed by atoms with E-state index >= 15 is 0 Å². The minimum Gasteiger partial charge on any atom is -0.172 e. The summed E-state index contributed by atoms with van der Waals surface area (Å²) in [6.07, 6.45) is -4.27. The molecular formula is C5H6F3N2+. The highest BCUT2D eigenvalue weighted by Crippen LogP contribution is 2.25. The molecule has 0 saturated carbocycles. The van der Waals surface area contributed by atoms with E-state index in [1.807, 2.05) is 5.10 Å². The molecule has 2 N–H and O–H groups in total. The average Bonchev–Trinajstić information content (AvgIpc) is 2.11. The van der Waals surface area contributed by atoms with Crippen molar-refractivity contribution in [2.45, 2.75) is 13.1 Å². The third kappa shape index (κ3) is 1.29. The van der Waals surface area contributed by atoms with Gasteiger partial charge in [0.05, 0.1) is 5.69 Å². The number of aromatic amines is 2. The van der Waals surface area contributed by atoms with Crippen LogP contribution in [0.15, 0.2) is 6.07 Å². The zero-order valence-electron chi connectivity index (χ0n) is 5.21. The SMILES string of the molecule is Cc1cc(C(F)(F)F)[nH+][nH]1. The van der Waals surface area contributed by atoms with Crippen molar-refractivity contribution in [3.63, 3.8) is 0 Å². The van der Waals surface area contributed by atoms with Crippen LogP contribution >= 0.6 is 0 Å². The van der Waals surface area contributed by atoms with Crippen molar-refractivity contribution < 1.29 is 18.3 Å². The monoisotopic (exact) mass is 151 g/mol. The molecule has 0 atom stereocenters. The minimum absolute atomic E-state index is 0.465. The maximum absolute atomic E-state index is 11.7. The Bertz CT molecular complexity index is 225. The standard InChI is InChI=1S/C5H5F3N2/c1-3-2-4(10-9-3)5(6,7)8/h2H,1H3,(H,9,10)/p+1. The van der Waals surface area contributed by atoms with Crippen LogP contribution in [0.25, 0.3) is 0 Å². The summed E-state index contributed by atoms with van der Waals surface area (Å²) in [5, 5.41) is 4.33. The fourth-order valence-electron chi connectivity index (χ4n) is 0.607. The summed E-state index contributed by atoms with van der Waals surface area (Å²) in [6.45, 7) is 1.55. The van der Waals surface area contributed by atoms with Crippen LogP contribution in [0.2, 0.25) is 0 Å². The summed E-state index contributed by atoms with van der Waals surface area (Å²) in [7, 11) is 0. The molecule has 0 fully saturated rings. The van der Waals surface area contributed by atoms with Gasteiger partial charge in [0.2, 0.25) is 0 Å². The van der Waals surface area contributed by atoms with Gasteiger partial charge in [0.25, 0.3) is 0 Å². The summed E-state index contributed by atoms with van der Waals surface area (Å²) in [5.74, 6) is 0. The maximum atomic E-state index is 11.7. The summed E-state index contributed by atoms with van der Waals surface area (Å²) >= 11 is 0. The lowest BCUT2D eigenvalue weighted by atomic mass is 10.4. The van der Waals surface area contributed by atoms with E-state index in [1.165, 1.54) is 0 Å². The van der Waals surface area contributed by atoms with Crippen LogP contribution in [0, 0.1) is 6.92 Å². The van der Waals surface area contributed by atoms with Gasteiger partial charge in [-0.1, -0.05) is 0 Å². The van der Waals surface area contributed by atoms with Crippen LogP contribution in [-0.2, 0) is 6.18 Å². The van der Waals surface area contributed by atoms with Gasteiger partial charge >= 0.3 is 11.9 Å². The first-order valence-electron chi connectivity index (χ1n) is 2.64. The topological polar surface area (TPSA) is 29.9 Å². The number of aryl methyl sites for hydroxylation is 1. The molecule has 0 aliphatic carbocycles. The average molecular weight is 151 g/mol. The van der Waals surface area contributed by atoms with E-state index < -0.39 is 11.9 Å². The van der Waals surface area contributed by atoms with Crippen molar-refractivity contribution >= 4 is 0 Å². The Morgan fingerprint density at radius 2 is 2.10 bits per heavy atom. The largest absolute Gasteiger partial charge is 0.479 e. The molecule has 1 aromatic heterocycles. The quantitative estimate of drug-likeness (QED) is 0.576. The van der Waals surface area contributed by atoms with Crippen molar-refractivity contribution in [3.05, 3.63) is 17.5 Å². The number of aromatic nitrogens is 2. The number of H-pyrrole nitrogens is 2. The first-order valence-corrected chi connectivity index (χ1v) is 2.64. The Hall–Kier alpha value is -1.00. The van der Waals surface area contributed by atoms with Gasteiger partial charge in [0.15, 0.2) is 0 Å². The lowest BCUT2D eigenvalue weighted by molar-refractivity contribution is -0.485. The van der Waals surface area contributed by atoms with E-state index in [4.69, 9.17) is 0 Å². The van der Waals surface area contributed by atoms with Gasteiger partial charge in [-0.2, -0.15) is 18.3 Å². The lowest BCUT2D eigenvalue weighted by Crippen LogP contribution is -2.18. The van der Waals surface area contributed by atoms with Crippen LogP contribution in [0.5, 0.6) is 0 Å². The third-order valence-electron chi connectivity index (χ3n) is 1.06. The second kappa shape index (κ2) is 2.00. The van der Waals surface area contributed by atoms with Crippen molar-refractivity contribution in [2.24, 2.45) is 0 Å². The van der Waals surface area contributed by atoms with Gasteiger partial charge < -0.3 is 0 Å². The Morgan fingerprint density at radius 1 is 1.50 bits per heavy atom. The second-order valence-electron chi connectivity index (χ2n) is 1.99. The molecule has 0 saturated heterocycles. The summed E-state index contributed by atoms with van der Waals surface area (Å²) in [6, 6.07) is 1.01. The number of hydrogen-bond donors (Lipinski definition) is 1. The molecule has 5 heteroatoms. The normalized spacial score (nSPS) is 12.0. The van der Waals surface area contributed by atoms with Gasteiger partial charge in [-0.25, -0.2) is 0 Å². The molecule has 56 valence electrons. The molecule has 0 unspecified atom stereocenters. The fourth-order valence-corrected chi connectivity index (χ4v) is 0.607. The van der Waals surface area contributed by atoms with E-state index in [1.54, 1.807) is 6.92 Å². The number of hydrogen-bond acceptors (Lipinski definition) is 0. The number of alkyl halides is 3. The van der Waals surface area contributed by atoms with Crippen LogP contribution in [0.3, 0.4) is 0 Å². The van der Waals surface area contributed by atoms with E-state index in [2.05, 4.69) is 5.10 Å². The van der Waals surface area contributed by atoms with Crippen LogP contribution in [0.1, 0.15) is 11.4 Å². The van der Waals surface area contributed by atoms with Crippen molar-refractivity contribution in [3.8, 4) is 0 Å². The number of halogens is 3. The molecule has 2 nitrogen and oxygen atoms in total. The Kier molecular flexibility index (Phi) is 1.42. The van der Waals surface area contributed by atoms with Crippen LogP contribution in [0.4, 0.5) is 13.2 Å². The maximum Gasteiger partial charge on any atom is 0.479 e. The third-order valence-corrected chi connectivity index (χ3v) is 1.06. The molecule has 0 aliphatic heterocycles. The highest BCUT2D eigenvalue weighted by atomic mass is 19.4. The lowest BCUT2D eigenvalue weighted by Gasteiger charge is -1.93. The van der Waals surface area contributed by atoms with E-state index in [9.17, 15) is 13.2 Å². The van der Waals surface area contributed by atoms with Crippen LogP contribution < -0.4 is 5.10 Å². The summed E-state index contributed by atoms with van der Waals surface area (Å²) in [5.41, 5.74) is -0.280. The molecule has 1 rings (SSSR count). The van der Waals surface area contributed by atoms with Crippen LogP contribution in [-0.4, -0.2) is 5.10 Å². The van der Waals surface area contributed by atoms with Gasteiger partial charge in [0, 0.05) is 6.07 Å². The predicted octanol–water partition coefficient (Wildman–Crippen LogP) is 1.16. The fraction of sp³-hybridized carbons (Fsp3) is 0.400. The van der Waals surface area contributed by atoms with Crippen molar-refractivity contribution in [1.29, 1.82) is 0 Å². The van der Waals surface area contributed by atoms with Crippen molar-refractivity contribution in [2.75, 3.05) is 0 Å². The molecule has 0 radical (unpaired) electrons. The molecule has 0 spiro atoms. The number of nitrogens with one attached hydrogen (secondary N) is 2. The molecule has 0 aromatic carbocycles. The Labute approximate surface area is 55.1 Å². The molecule has 1 aromatic rings. The van der Waals surface area contributed by atoms with Gasteiger partial charge in [-0.15, -0.1) is 5.10 Å². The predicted molar refractivity (Wildman–Crippen MR) is 27.1 cm³/mol. The highest BCUT2D eigenvalue weighted by Gasteiger charge is 2.39. The Morgan fingerprint density at radius 3 is 2.30 bits per heavy atom. The Balaban J connectivity index is 2.96. The van der Waals surface area contributed by atoms with E-state index in [0.29, 0.717) is 5.69 Å². The zero-order valence-corrected chi connectivity index (χ0v) is 5.21. The summed E-state index contributed by atoms with van der Waals surface area (Å²) in [4.78, 5) is 0. The van der Waals surface area contributed by atoms with Gasteiger partial charge in [-0.3, -0.25) is 0 Å². The van der Waals surface area contributed by atoms with E-state index in [-0.39, 0.29) is 0 Å². The van der Waals surface area contributed by atoms with Gasteiger partial charge in [0.1, 0.15) is 0 Å². The van der Waals surface area contributed by atoms with E-state index in [0.717, 1.165) is 6.07 Å². The molecule has 0 aliphatic rings. The molecule has 1 heterocycles. The molecule has 10 heavy (non-hydrogen) atoms. The summed E-state index contributed by atoms with van der Waals surface area (Å²) < 4.78 is 35.2. The molecule has 0 bridgehead atoms. The van der Waals surface area contributed by atoms with Gasteiger partial charge in [-0.05, 0) is 6.92 Å².